The molecular formula is C8H5BrF3NO2. The molecule has 82 valence electrons. The summed E-state index contributed by atoms with van der Waals surface area (Å²) in [5.74, 6) is 0. The van der Waals surface area contributed by atoms with Crippen molar-refractivity contribution in [3.8, 4) is 0 Å². The lowest BCUT2D eigenvalue weighted by Gasteiger charge is -2.09. The van der Waals surface area contributed by atoms with Gasteiger partial charge in [0.15, 0.2) is 0 Å². The molecule has 0 aliphatic heterocycles. The smallest absolute Gasteiger partial charge is 0.264 e. The molecule has 0 bridgehead atoms. The minimum Gasteiger partial charge on any atom is -0.264 e. The highest BCUT2D eigenvalue weighted by Crippen LogP contribution is 2.35. The lowest BCUT2D eigenvalue weighted by atomic mass is 10.1. The van der Waals surface area contributed by atoms with E-state index in [-0.39, 0.29) is 10.0 Å². The first kappa shape index (κ1) is 12.0. The fourth-order valence-corrected chi connectivity index (χ4v) is 1.51. The molecule has 7 heteroatoms. The van der Waals surface area contributed by atoms with E-state index in [1.54, 1.807) is 0 Å². The van der Waals surface area contributed by atoms with Gasteiger partial charge in [0, 0.05) is 15.0 Å². The Morgan fingerprint density at radius 3 is 2.47 bits per heavy atom. The highest BCUT2D eigenvalue weighted by atomic mass is 79.9. The molecule has 1 aromatic rings. The molecule has 0 spiro atoms. The molecule has 1 rings (SSSR count). The summed E-state index contributed by atoms with van der Waals surface area (Å²) in [5, 5.41) is 10.1. The molecule has 0 heterocycles. The van der Waals surface area contributed by atoms with Gasteiger partial charge in [-0.15, -0.1) is 0 Å². The van der Waals surface area contributed by atoms with Crippen molar-refractivity contribution >= 4 is 15.9 Å². The predicted octanol–water partition coefficient (Wildman–Crippen LogP) is 3.24. The number of alkyl halides is 3. The average molecular weight is 284 g/mol. The molecule has 0 aliphatic rings. The van der Waals surface area contributed by atoms with Gasteiger partial charge >= 0.3 is 6.18 Å². The van der Waals surface area contributed by atoms with E-state index in [0.717, 1.165) is 12.1 Å². The zero-order valence-corrected chi connectivity index (χ0v) is 8.80. The third-order valence-electron chi connectivity index (χ3n) is 1.65. The van der Waals surface area contributed by atoms with E-state index in [9.17, 15) is 23.3 Å². The van der Waals surface area contributed by atoms with Crippen molar-refractivity contribution in [1.29, 1.82) is 0 Å². The number of nitrogens with zero attached hydrogens (tertiary/aromatic N) is 1. The van der Waals surface area contributed by atoms with Crippen LogP contribution < -0.4 is 0 Å². The Labute approximate surface area is 91.2 Å². The van der Waals surface area contributed by atoms with Gasteiger partial charge in [0.05, 0.1) is 5.56 Å². The minimum atomic E-state index is -4.51. The van der Waals surface area contributed by atoms with E-state index in [0.29, 0.717) is 0 Å². The van der Waals surface area contributed by atoms with E-state index < -0.39 is 23.2 Å². The van der Waals surface area contributed by atoms with Crippen LogP contribution in [0.1, 0.15) is 11.1 Å². The topological polar surface area (TPSA) is 43.1 Å². The Morgan fingerprint density at radius 2 is 2.00 bits per heavy atom. The molecular weight excluding hydrogens is 279 g/mol. The molecule has 0 amide bonds. The molecule has 0 saturated carbocycles. The molecule has 0 fully saturated rings. The minimum absolute atomic E-state index is 0.0236. The highest BCUT2D eigenvalue weighted by molar-refractivity contribution is 9.10. The Kier molecular flexibility index (Phi) is 3.33. The standard InChI is InChI=1S/C8H5BrF3NO2/c9-7-2-1-5(4-13(14)15)3-6(7)8(10,11)12/h1-3H,4H2. The van der Waals surface area contributed by atoms with E-state index in [1.165, 1.54) is 6.07 Å². The summed E-state index contributed by atoms with van der Waals surface area (Å²) in [4.78, 5) is 9.45. The average Bonchev–Trinajstić information content (AvgIpc) is 2.05. The van der Waals surface area contributed by atoms with E-state index >= 15 is 0 Å². The molecule has 0 atom stereocenters. The van der Waals surface area contributed by atoms with Crippen LogP contribution in [0.3, 0.4) is 0 Å². The maximum atomic E-state index is 12.4. The zero-order chi connectivity index (χ0) is 11.6. The largest absolute Gasteiger partial charge is 0.417 e. The van der Waals surface area contributed by atoms with Crippen molar-refractivity contribution < 1.29 is 18.1 Å². The van der Waals surface area contributed by atoms with Gasteiger partial charge in [-0.05, 0) is 12.1 Å². The number of halogens is 4. The number of hydrogen-bond acceptors (Lipinski definition) is 2. The van der Waals surface area contributed by atoms with Gasteiger partial charge < -0.3 is 0 Å². The van der Waals surface area contributed by atoms with Crippen molar-refractivity contribution in [3.63, 3.8) is 0 Å². The van der Waals surface area contributed by atoms with Gasteiger partial charge in [-0.1, -0.05) is 22.0 Å². The van der Waals surface area contributed by atoms with Gasteiger partial charge in [0.2, 0.25) is 6.54 Å². The quantitative estimate of drug-likeness (QED) is 0.618. The first-order chi connectivity index (χ1) is 6.80. The Morgan fingerprint density at radius 1 is 1.40 bits per heavy atom. The normalized spacial score (nSPS) is 11.5. The van der Waals surface area contributed by atoms with Crippen molar-refractivity contribution in [1.82, 2.24) is 0 Å². The van der Waals surface area contributed by atoms with E-state index in [4.69, 9.17) is 0 Å². The molecule has 3 nitrogen and oxygen atoms in total. The van der Waals surface area contributed by atoms with Crippen molar-refractivity contribution in [3.05, 3.63) is 43.9 Å². The van der Waals surface area contributed by atoms with Crippen LogP contribution in [-0.4, -0.2) is 4.92 Å². The summed E-state index contributed by atoms with van der Waals surface area (Å²) < 4.78 is 37.0. The van der Waals surface area contributed by atoms with Crippen molar-refractivity contribution in [2.45, 2.75) is 12.7 Å². The summed E-state index contributed by atoms with van der Waals surface area (Å²) in [5.41, 5.74) is -0.877. The maximum absolute atomic E-state index is 12.4. The van der Waals surface area contributed by atoms with Crippen molar-refractivity contribution in [2.75, 3.05) is 0 Å². The summed E-state index contributed by atoms with van der Waals surface area (Å²) in [7, 11) is 0. The predicted molar refractivity (Wildman–Crippen MR) is 49.8 cm³/mol. The number of hydrogen-bond donors (Lipinski definition) is 0. The van der Waals surface area contributed by atoms with Crippen LogP contribution in [0.25, 0.3) is 0 Å². The van der Waals surface area contributed by atoms with E-state index in [1.807, 2.05) is 0 Å². The molecule has 0 aromatic heterocycles. The fraction of sp³-hybridized carbons (Fsp3) is 0.250. The third-order valence-corrected chi connectivity index (χ3v) is 2.34. The highest BCUT2D eigenvalue weighted by Gasteiger charge is 2.33. The molecule has 0 unspecified atom stereocenters. The lowest BCUT2D eigenvalue weighted by Crippen LogP contribution is -2.08. The summed E-state index contributed by atoms with van der Waals surface area (Å²) in [6.07, 6.45) is -4.51. The Bertz CT molecular complexity index is 392. The van der Waals surface area contributed by atoms with Crippen LogP contribution in [0.4, 0.5) is 13.2 Å². The SMILES string of the molecule is O=[N+]([O-])Cc1ccc(Br)c(C(F)(F)F)c1. The summed E-state index contributed by atoms with van der Waals surface area (Å²) >= 11 is 2.74. The molecule has 0 saturated heterocycles. The second kappa shape index (κ2) is 4.18. The van der Waals surface area contributed by atoms with Gasteiger partial charge in [-0.2, -0.15) is 13.2 Å². The molecule has 15 heavy (non-hydrogen) atoms. The third kappa shape index (κ3) is 3.19. The van der Waals surface area contributed by atoms with Crippen LogP contribution in [-0.2, 0) is 12.7 Å². The number of rotatable bonds is 2. The molecule has 1 aromatic carbocycles. The Balaban J connectivity index is 3.11. The summed E-state index contributed by atoms with van der Waals surface area (Å²) in [6, 6.07) is 3.21. The Hall–Kier alpha value is -1.11. The van der Waals surface area contributed by atoms with Gasteiger partial charge in [-0.3, -0.25) is 10.1 Å². The monoisotopic (exact) mass is 283 g/mol. The van der Waals surface area contributed by atoms with Crippen LogP contribution in [0.5, 0.6) is 0 Å². The van der Waals surface area contributed by atoms with E-state index in [2.05, 4.69) is 15.9 Å². The van der Waals surface area contributed by atoms with Gasteiger partial charge in [-0.25, -0.2) is 0 Å². The second-order valence-corrected chi connectivity index (χ2v) is 3.66. The van der Waals surface area contributed by atoms with Gasteiger partial charge in [0.1, 0.15) is 0 Å². The van der Waals surface area contributed by atoms with Crippen LogP contribution in [0, 0.1) is 10.1 Å². The van der Waals surface area contributed by atoms with Crippen LogP contribution in [0.2, 0.25) is 0 Å². The number of nitro groups is 1. The van der Waals surface area contributed by atoms with Crippen LogP contribution >= 0.6 is 15.9 Å². The fourth-order valence-electron chi connectivity index (χ4n) is 1.04. The maximum Gasteiger partial charge on any atom is 0.417 e. The number of benzene rings is 1. The first-order valence-corrected chi connectivity index (χ1v) is 4.57. The molecule has 0 N–H and O–H groups in total. The first-order valence-electron chi connectivity index (χ1n) is 3.78. The van der Waals surface area contributed by atoms with Gasteiger partial charge in [0.25, 0.3) is 0 Å². The van der Waals surface area contributed by atoms with Crippen LogP contribution in [0.15, 0.2) is 22.7 Å². The molecule has 0 aliphatic carbocycles. The lowest BCUT2D eigenvalue weighted by molar-refractivity contribution is -0.496. The molecule has 0 radical (unpaired) electrons. The summed E-state index contributed by atoms with van der Waals surface area (Å²) in [6.45, 7) is -0.615. The zero-order valence-electron chi connectivity index (χ0n) is 7.21. The second-order valence-electron chi connectivity index (χ2n) is 2.80. The van der Waals surface area contributed by atoms with Crippen molar-refractivity contribution in [2.24, 2.45) is 0 Å².